The van der Waals surface area contributed by atoms with E-state index in [1.54, 1.807) is 0 Å². The lowest BCUT2D eigenvalue weighted by Crippen LogP contribution is -2.65. The lowest BCUT2D eigenvalue weighted by atomic mass is 9.97. The first-order valence-corrected chi connectivity index (χ1v) is 33.7. The molecule has 14 nitrogen and oxygen atoms in total. The van der Waals surface area contributed by atoms with Gasteiger partial charge in [-0.3, -0.25) is 4.79 Å². The van der Waals surface area contributed by atoms with Crippen LogP contribution in [0.25, 0.3) is 0 Å². The number of carbonyl (C=O) groups is 1. The van der Waals surface area contributed by atoms with Crippen LogP contribution in [0, 0.1) is 0 Å². The fourth-order valence-electron chi connectivity index (χ4n) is 11.2. The standard InChI is InChI=1S/C67H125NO13/c1-3-5-7-9-11-13-15-17-19-21-23-25-27-28-29-31-33-35-37-39-41-43-45-47-49-51-59(72)68-55(54-78-66-64(77)62(75)65(58(53-70)80-66)81-67-63(76)61(74)60(73)57(52-69)79-67)56(71)50-48-46-44-42-40-38-36-34-32-30-26-24-22-20-18-16-14-12-10-8-6-4-2/h15,17,21,23,27-28,55-58,60-67,69-71,73-77H,3-14,16,18-20,22,24-26,29-54H2,1-2H3,(H,68,72)/b17-15-,23-21-,28-27-. The fraction of sp³-hybridized carbons (Fsp3) is 0.896. The van der Waals surface area contributed by atoms with Gasteiger partial charge in [-0.15, -0.1) is 0 Å². The van der Waals surface area contributed by atoms with Gasteiger partial charge in [0.2, 0.25) is 5.91 Å². The number of hydrogen-bond donors (Lipinski definition) is 9. The molecule has 0 aromatic carbocycles. The highest BCUT2D eigenvalue weighted by Gasteiger charge is 2.51. The molecular weight excluding hydrogens is 1030 g/mol. The quantitative estimate of drug-likeness (QED) is 0.0204. The maximum atomic E-state index is 13.3. The van der Waals surface area contributed by atoms with Crippen molar-refractivity contribution in [1.29, 1.82) is 0 Å². The lowest BCUT2D eigenvalue weighted by molar-refractivity contribution is -0.359. The van der Waals surface area contributed by atoms with Gasteiger partial charge in [0.1, 0.15) is 48.8 Å². The minimum absolute atomic E-state index is 0.207. The van der Waals surface area contributed by atoms with E-state index in [1.807, 2.05) is 0 Å². The van der Waals surface area contributed by atoms with Crippen LogP contribution < -0.4 is 5.32 Å². The number of carbonyl (C=O) groups excluding carboxylic acids is 1. The van der Waals surface area contributed by atoms with E-state index in [9.17, 15) is 45.6 Å². The van der Waals surface area contributed by atoms with Gasteiger partial charge in [-0.25, -0.2) is 0 Å². The second-order valence-corrected chi connectivity index (χ2v) is 24.0. The Hall–Kier alpha value is -1.79. The summed E-state index contributed by atoms with van der Waals surface area (Å²) < 4.78 is 22.9. The summed E-state index contributed by atoms with van der Waals surface area (Å²) in [6.45, 7) is 2.88. The van der Waals surface area contributed by atoms with Gasteiger partial charge in [0.25, 0.3) is 0 Å². The van der Waals surface area contributed by atoms with Crippen LogP contribution in [-0.4, -0.2) is 140 Å². The third-order valence-electron chi connectivity index (χ3n) is 16.6. The monoisotopic (exact) mass is 1150 g/mol. The van der Waals surface area contributed by atoms with Crippen molar-refractivity contribution in [2.45, 2.75) is 364 Å². The van der Waals surface area contributed by atoms with Gasteiger partial charge in [-0.1, -0.05) is 269 Å². The number of aliphatic hydroxyl groups is 8. The van der Waals surface area contributed by atoms with Gasteiger partial charge in [0, 0.05) is 6.42 Å². The van der Waals surface area contributed by atoms with Crippen LogP contribution in [0.4, 0.5) is 0 Å². The molecule has 0 aromatic rings. The topological polar surface area (TPSA) is 228 Å². The maximum absolute atomic E-state index is 13.3. The molecule has 0 aliphatic carbocycles. The Balaban J connectivity index is 1.70. The summed E-state index contributed by atoms with van der Waals surface area (Å²) in [7, 11) is 0. The lowest BCUT2D eigenvalue weighted by Gasteiger charge is -2.46. The fourth-order valence-corrected chi connectivity index (χ4v) is 11.2. The van der Waals surface area contributed by atoms with Crippen molar-refractivity contribution in [2.24, 2.45) is 0 Å². The van der Waals surface area contributed by atoms with Crippen molar-refractivity contribution in [1.82, 2.24) is 5.32 Å². The number of amides is 1. The third kappa shape index (κ3) is 37.4. The minimum atomic E-state index is -1.78. The van der Waals surface area contributed by atoms with Crippen molar-refractivity contribution in [3.8, 4) is 0 Å². The minimum Gasteiger partial charge on any atom is -0.394 e. The molecule has 81 heavy (non-hydrogen) atoms. The Bertz CT molecular complexity index is 1500. The molecule has 2 rings (SSSR count). The van der Waals surface area contributed by atoms with E-state index in [0.717, 1.165) is 70.6 Å². The number of ether oxygens (including phenoxy) is 4. The molecule has 2 aliphatic rings. The number of allylic oxidation sites excluding steroid dienone is 6. The average molecular weight is 1150 g/mol. The van der Waals surface area contributed by atoms with Gasteiger partial charge in [0.05, 0.1) is 32.0 Å². The Kier molecular flexibility index (Phi) is 48.8. The predicted octanol–water partition coefficient (Wildman–Crippen LogP) is 13.0. The third-order valence-corrected chi connectivity index (χ3v) is 16.6. The zero-order valence-electron chi connectivity index (χ0n) is 51.5. The first-order valence-electron chi connectivity index (χ1n) is 33.7. The number of rotatable bonds is 55. The van der Waals surface area contributed by atoms with Crippen LogP contribution in [0.5, 0.6) is 0 Å². The molecule has 0 aromatic heterocycles. The van der Waals surface area contributed by atoms with E-state index >= 15 is 0 Å². The number of aliphatic hydroxyl groups excluding tert-OH is 8. The van der Waals surface area contributed by atoms with Gasteiger partial charge < -0.3 is 65.1 Å². The predicted molar refractivity (Wildman–Crippen MR) is 328 cm³/mol. The molecular formula is C67H125NO13. The molecule has 2 fully saturated rings. The van der Waals surface area contributed by atoms with E-state index in [4.69, 9.17) is 18.9 Å². The molecule has 0 saturated carbocycles. The van der Waals surface area contributed by atoms with Crippen LogP contribution in [0.2, 0.25) is 0 Å². The largest absolute Gasteiger partial charge is 0.394 e. The van der Waals surface area contributed by atoms with E-state index < -0.39 is 86.8 Å². The highest BCUT2D eigenvalue weighted by atomic mass is 16.7. The molecule has 0 bridgehead atoms. The second kappa shape index (κ2) is 52.5. The molecule has 1 amide bonds. The highest BCUT2D eigenvalue weighted by molar-refractivity contribution is 5.76. The summed E-state index contributed by atoms with van der Waals surface area (Å²) in [4.78, 5) is 13.3. The van der Waals surface area contributed by atoms with E-state index in [-0.39, 0.29) is 12.5 Å². The summed E-state index contributed by atoms with van der Waals surface area (Å²) in [6, 6.07) is -0.832. The SMILES string of the molecule is CCCCCCC/C=C\C/C=C\C/C=C\CCCCCCCCCCCCC(=O)NC(COC1OC(CO)C(OC2OC(CO)C(O)C(O)C2O)C(O)C1O)C(O)CCCCCCCCCCCCCCCCCCCCCCCC. The molecule has 0 spiro atoms. The smallest absolute Gasteiger partial charge is 0.220 e. The number of unbranched alkanes of at least 4 members (excludes halogenated alkanes) is 36. The molecule has 2 saturated heterocycles. The van der Waals surface area contributed by atoms with E-state index in [0.29, 0.717) is 12.8 Å². The summed E-state index contributed by atoms with van der Waals surface area (Å²) >= 11 is 0. The summed E-state index contributed by atoms with van der Waals surface area (Å²) in [5, 5.41) is 87.5. The van der Waals surface area contributed by atoms with Gasteiger partial charge >= 0.3 is 0 Å². The average Bonchev–Trinajstić information content (AvgIpc) is 3.47. The normalized spacial score (nSPS) is 24.3. The van der Waals surface area contributed by atoms with Gasteiger partial charge in [-0.2, -0.15) is 0 Å². The molecule has 9 N–H and O–H groups in total. The molecule has 14 heteroatoms. The van der Waals surface area contributed by atoms with Crippen molar-refractivity contribution in [3.05, 3.63) is 36.5 Å². The molecule has 12 unspecified atom stereocenters. The number of nitrogens with one attached hydrogen (secondary N) is 1. The zero-order chi connectivity index (χ0) is 58.8. The second-order valence-electron chi connectivity index (χ2n) is 24.0. The molecule has 2 aliphatic heterocycles. The van der Waals surface area contributed by atoms with Gasteiger partial charge in [-0.05, 0) is 51.4 Å². The van der Waals surface area contributed by atoms with E-state index in [1.165, 1.54) is 193 Å². The first-order chi connectivity index (χ1) is 39.6. The molecule has 2 heterocycles. The Morgan fingerprint density at radius 2 is 0.815 bits per heavy atom. The van der Waals surface area contributed by atoms with Crippen molar-refractivity contribution in [3.63, 3.8) is 0 Å². The first kappa shape index (κ1) is 75.3. The maximum Gasteiger partial charge on any atom is 0.220 e. The van der Waals surface area contributed by atoms with Crippen LogP contribution in [0.15, 0.2) is 36.5 Å². The van der Waals surface area contributed by atoms with Crippen molar-refractivity contribution >= 4 is 5.91 Å². The van der Waals surface area contributed by atoms with Gasteiger partial charge in [0.15, 0.2) is 12.6 Å². The molecule has 476 valence electrons. The summed E-state index contributed by atoms with van der Waals surface area (Å²) in [5.41, 5.74) is 0. The van der Waals surface area contributed by atoms with E-state index in [2.05, 4.69) is 55.6 Å². The number of hydrogen-bond acceptors (Lipinski definition) is 13. The Morgan fingerprint density at radius 1 is 0.444 bits per heavy atom. The summed E-state index contributed by atoms with van der Waals surface area (Å²) in [5.74, 6) is -0.207. The van der Waals surface area contributed by atoms with Crippen LogP contribution in [0.1, 0.15) is 290 Å². The summed E-state index contributed by atoms with van der Waals surface area (Å²) in [6.07, 6.45) is 48.5. The molecule has 0 radical (unpaired) electrons. The zero-order valence-corrected chi connectivity index (χ0v) is 51.5. The van der Waals surface area contributed by atoms with Crippen molar-refractivity contribution < 1.29 is 64.6 Å². The highest BCUT2D eigenvalue weighted by Crippen LogP contribution is 2.30. The Morgan fingerprint density at radius 3 is 1.25 bits per heavy atom. The van der Waals surface area contributed by atoms with Crippen LogP contribution in [0.3, 0.4) is 0 Å². The van der Waals surface area contributed by atoms with Crippen molar-refractivity contribution in [2.75, 3.05) is 19.8 Å². The Labute approximate surface area is 493 Å². The van der Waals surface area contributed by atoms with Crippen LogP contribution in [-0.2, 0) is 23.7 Å². The van der Waals surface area contributed by atoms with Crippen LogP contribution >= 0.6 is 0 Å². The molecule has 12 atom stereocenters.